The van der Waals surface area contributed by atoms with Gasteiger partial charge in [-0.3, -0.25) is 9.78 Å². The summed E-state index contributed by atoms with van der Waals surface area (Å²) in [5, 5.41) is 2.60. The van der Waals surface area contributed by atoms with E-state index >= 15 is 0 Å². The van der Waals surface area contributed by atoms with Crippen molar-refractivity contribution >= 4 is 23.3 Å². The normalized spacial score (nSPS) is 13.3. The minimum Gasteiger partial charge on any atom is -0.395 e. The highest BCUT2D eigenvalue weighted by Gasteiger charge is 2.43. The minimum absolute atomic E-state index is 0.150. The van der Waals surface area contributed by atoms with Crippen molar-refractivity contribution in [3.8, 4) is 22.6 Å². The Balaban J connectivity index is 0.00000124. The van der Waals surface area contributed by atoms with Crippen LogP contribution >= 0.6 is 11.6 Å². The Morgan fingerprint density at radius 2 is 1.80 bits per heavy atom. The van der Waals surface area contributed by atoms with Gasteiger partial charge < -0.3 is 14.8 Å². The van der Waals surface area contributed by atoms with E-state index in [-0.39, 0.29) is 27.9 Å². The Bertz CT molecular complexity index is 1080. The fraction of sp³-hybridized carbons (Fsp3) is 0.150. The van der Waals surface area contributed by atoms with E-state index < -0.39 is 18.0 Å². The number of aromatic nitrogens is 2. The van der Waals surface area contributed by atoms with Gasteiger partial charge in [-0.1, -0.05) is 25.4 Å². The van der Waals surface area contributed by atoms with E-state index in [1.165, 1.54) is 36.7 Å². The van der Waals surface area contributed by atoms with E-state index in [2.05, 4.69) is 24.8 Å². The van der Waals surface area contributed by atoms with Gasteiger partial charge in [0.2, 0.25) is 0 Å². The van der Waals surface area contributed by atoms with Crippen LogP contribution in [-0.2, 0) is 0 Å². The summed E-state index contributed by atoms with van der Waals surface area (Å²) in [6.07, 6.45) is -0.157. The summed E-state index contributed by atoms with van der Waals surface area (Å²) < 4.78 is 48.7. The Hall–Kier alpha value is -3.33. The van der Waals surface area contributed by atoms with Gasteiger partial charge in [0, 0.05) is 29.6 Å². The van der Waals surface area contributed by atoms with E-state index in [0.29, 0.717) is 11.1 Å². The number of anilines is 1. The van der Waals surface area contributed by atoms with E-state index in [1.54, 1.807) is 6.07 Å². The number of nitrogens with one attached hydrogen (secondary N) is 1. The number of ether oxygens (including phenoxy) is 2. The van der Waals surface area contributed by atoms with Crippen molar-refractivity contribution in [2.75, 3.05) is 5.32 Å². The van der Waals surface area contributed by atoms with Crippen LogP contribution in [0.3, 0.4) is 0 Å². The van der Waals surface area contributed by atoms with Gasteiger partial charge in [-0.2, -0.15) is 0 Å². The number of rotatable bonds is 3. The molecule has 10 heteroatoms. The molecule has 1 aromatic carbocycles. The molecule has 156 valence electrons. The predicted molar refractivity (Wildman–Crippen MR) is 104 cm³/mol. The van der Waals surface area contributed by atoms with Crippen LogP contribution in [0.15, 0.2) is 48.9 Å². The molecule has 1 aliphatic rings. The summed E-state index contributed by atoms with van der Waals surface area (Å²) in [7, 11) is 0. The summed E-state index contributed by atoms with van der Waals surface area (Å²) in [6, 6.07) is 6.78. The fourth-order valence-electron chi connectivity index (χ4n) is 2.56. The van der Waals surface area contributed by atoms with E-state index in [0.717, 1.165) is 6.20 Å². The molecule has 0 unspecified atom stereocenters. The number of hydrogen-bond donors (Lipinski definition) is 1. The highest BCUT2D eigenvalue weighted by molar-refractivity contribution is 6.33. The van der Waals surface area contributed by atoms with Crippen LogP contribution in [0, 0.1) is 5.82 Å². The molecule has 2 aromatic heterocycles. The minimum atomic E-state index is -3.75. The number of hydrogen-bond acceptors (Lipinski definition) is 5. The maximum atomic E-state index is 13.6. The molecule has 1 aliphatic heterocycles. The van der Waals surface area contributed by atoms with E-state index in [1.807, 2.05) is 13.8 Å². The monoisotopic (exact) mass is 437 g/mol. The number of carbonyl (C=O) groups is 1. The Morgan fingerprint density at radius 3 is 2.43 bits per heavy atom. The van der Waals surface area contributed by atoms with Crippen LogP contribution < -0.4 is 14.8 Å². The molecule has 0 aliphatic carbocycles. The molecule has 4 rings (SSSR count). The first kappa shape index (κ1) is 21.4. The zero-order chi connectivity index (χ0) is 21.9. The highest BCUT2D eigenvalue weighted by Crippen LogP contribution is 2.45. The number of benzene rings is 1. The Kier molecular flexibility index (Phi) is 6.12. The van der Waals surface area contributed by atoms with Crippen LogP contribution in [0.4, 0.5) is 19.0 Å². The van der Waals surface area contributed by atoms with Gasteiger partial charge >= 0.3 is 6.29 Å². The lowest BCUT2D eigenvalue weighted by Crippen LogP contribution is -2.25. The third-order valence-electron chi connectivity index (χ3n) is 3.82. The molecule has 30 heavy (non-hydrogen) atoms. The second-order valence-electron chi connectivity index (χ2n) is 5.69. The van der Waals surface area contributed by atoms with Gasteiger partial charge in [0.15, 0.2) is 17.3 Å². The first-order valence-corrected chi connectivity index (χ1v) is 9.17. The summed E-state index contributed by atoms with van der Waals surface area (Å²) in [5.74, 6) is -1.62. The number of carbonyl (C=O) groups excluding carboxylic acids is 1. The summed E-state index contributed by atoms with van der Waals surface area (Å²) in [5.41, 5.74) is 0.688. The Labute approximate surface area is 174 Å². The number of alkyl halides is 2. The van der Waals surface area contributed by atoms with Gasteiger partial charge in [-0.05, 0) is 24.3 Å². The predicted octanol–water partition coefficient (Wildman–Crippen LogP) is 5.54. The number of pyridine rings is 2. The molecule has 3 aromatic rings. The van der Waals surface area contributed by atoms with Crippen molar-refractivity contribution in [3.63, 3.8) is 0 Å². The number of nitrogens with zero attached hydrogens (tertiary/aromatic N) is 2. The van der Waals surface area contributed by atoms with Gasteiger partial charge in [-0.25, -0.2) is 9.37 Å². The molecule has 1 amide bonds. The number of amides is 1. The number of halogens is 4. The zero-order valence-electron chi connectivity index (χ0n) is 15.7. The van der Waals surface area contributed by atoms with Crippen LogP contribution in [0.25, 0.3) is 11.1 Å². The molecule has 0 atom stereocenters. The summed E-state index contributed by atoms with van der Waals surface area (Å²) in [6.45, 7) is 4.00. The van der Waals surface area contributed by atoms with Crippen LogP contribution in [0.5, 0.6) is 11.5 Å². The standard InChI is InChI=1S/C18H9ClF3N3O3.C2H6/c19-12-6-15-14(27-18(21,22)28-15)5-11(12)9-1-2-16(24-7-9)25-17(26)10-3-4-23-8-13(10)20;1-2/h1-8H,(H,24,25,26);1-2H3. The maximum Gasteiger partial charge on any atom is 0.586 e. The maximum absolute atomic E-state index is 13.6. The lowest BCUT2D eigenvalue weighted by Gasteiger charge is -2.08. The van der Waals surface area contributed by atoms with Crippen LogP contribution in [-0.4, -0.2) is 22.2 Å². The molecular formula is C20H15ClF3N3O3. The van der Waals surface area contributed by atoms with Gasteiger partial charge in [0.05, 0.1) is 16.8 Å². The van der Waals surface area contributed by atoms with E-state index in [9.17, 15) is 18.0 Å². The van der Waals surface area contributed by atoms with Gasteiger partial charge in [0.1, 0.15) is 5.82 Å². The lowest BCUT2D eigenvalue weighted by atomic mass is 10.1. The van der Waals surface area contributed by atoms with Crippen molar-refractivity contribution in [1.82, 2.24) is 9.97 Å². The van der Waals surface area contributed by atoms with Crippen LogP contribution in [0.2, 0.25) is 5.02 Å². The van der Waals surface area contributed by atoms with E-state index in [4.69, 9.17) is 11.6 Å². The molecule has 3 heterocycles. The van der Waals surface area contributed by atoms with Crippen molar-refractivity contribution < 1.29 is 27.4 Å². The quantitative estimate of drug-likeness (QED) is 0.582. The van der Waals surface area contributed by atoms with Gasteiger partial charge in [0.25, 0.3) is 5.91 Å². The molecule has 0 saturated heterocycles. The average molecular weight is 438 g/mol. The van der Waals surface area contributed by atoms with Crippen molar-refractivity contribution in [3.05, 3.63) is 65.3 Å². The smallest absolute Gasteiger partial charge is 0.395 e. The van der Waals surface area contributed by atoms with Crippen molar-refractivity contribution in [2.45, 2.75) is 20.1 Å². The molecule has 1 N–H and O–H groups in total. The topological polar surface area (TPSA) is 73.3 Å². The number of fused-ring (bicyclic) bond motifs is 1. The first-order valence-electron chi connectivity index (χ1n) is 8.79. The average Bonchev–Trinajstić information content (AvgIpc) is 3.02. The fourth-order valence-corrected chi connectivity index (χ4v) is 2.83. The summed E-state index contributed by atoms with van der Waals surface area (Å²) in [4.78, 5) is 19.7. The third-order valence-corrected chi connectivity index (χ3v) is 4.14. The molecular weight excluding hydrogens is 423 g/mol. The second-order valence-corrected chi connectivity index (χ2v) is 6.10. The lowest BCUT2D eigenvalue weighted by molar-refractivity contribution is -0.286. The molecule has 0 fully saturated rings. The Morgan fingerprint density at radius 1 is 1.10 bits per heavy atom. The molecule has 0 saturated carbocycles. The zero-order valence-corrected chi connectivity index (χ0v) is 16.5. The SMILES string of the molecule is CC.O=C(Nc1ccc(-c2cc3c(cc2Cl)OC(F)(F)O3)cn1)c1ccncc1F. The van der Waals surface area contributed by atoms with Gasteiger partial charge in [-0.15, -0.1) is 8.78 Å². The molecule has 0 bridgehead atoms. The van der Waals surface area contributed by atoms with Crippen LogP contribution in [0.1, 0.15) is 24.2 Å². The summed E-state index contributed by atoms with van der Waals surface area (Å²) >= 11 is 6.13. The first-order chi connectivity index (χ1) is 14.3. The van der Waals surface area contributed by atoms with Crippen molar-refractivity contribution in [1.29, 1.82) is 0 Å². The van der Waals surface area contributed by atoms with Crippen molar-refractivity contribution in [2.24, 2.45) is 0 Å². The molecule has 0 radical (unpaired) electrons. The largest absolute Gasteiger partial charge is 0.586 e. The molecule has 0 spiro atoms. The highest BCUT2D eigenvalue weighted by atomic mass is 35.5. The third kappa shape index (κ3) is 4.46. The second kappa shape index (κ2) is 8.58. The molecule has 6 nitrogen and oxygen atoms in total.